The van der Waals surface area contributed by atoms with Crippen molar-refractivity contribution in [3.8, 4) is 0 Å². The van der Waals surface area contributed by atoms with Crippen LogP contribution in [0.15, 0.2) is 0 Å². The number of amides is 2. The maximum Gasteiger partial charge on any atom is 0.246 e. The van der Waals surface area contributed by atoms with Crippen molar-refractivity contribution in [1.82, 2.24) is 10.2 Å². The first kappa shape index (κ1) is 12.4. The number of ether oxygens (including phenoxy) is 1. The maximum absolute atomic E-state index is 12.3. The fourth-order valence-corrected chi connectivity index (χ4v) is 2.57. The van der Waals surface area contributed by atoms with Crippen LogP contribution in [0.5, 0.6) is 0 Å². The lowest BCUT2D eigenvalue weighted by atomic mass is 10.0. The molecular formula is C12H20N2O3. The number of hydrogen-bond donors (Lipinski definition) is 1. The highest BCUT2D eigenvalue weighted by Gasteiger charge is 2.41. The average molecular weight is 240 g/mol. The van der Waals surface area contributed by atoms with Gasteiger partial charge in [-0.2, -0.15) is 0 Å². The molecule has 2 heterocycles. The van der Waals surface area contributed by atoms with Crippen molar-refractivity contribution in [2.75, 3.05) is 13.2 Å². The van der Waals surface area contributed by atoms with E-state index in [4.69, 9.17) is 4.74 Å². The molecule has 5 heteroatoms. The van der Waals surface area contributed by atoms with Gasteiger partial charge in [-0.3, -0.25) is 9.59 Å². The first-order valence-electron chi connectivity index (χ1n) is 6.35. The number of hydrogen-bond acceptors (Lipinski definition) is 3. The average Bonchev–Trinajstić information content (AvgIpc) is 2.35. The zero-order valence-electron chi connectivity index (χ0n) is 10.4. The molecule has 0 aliphatic carbocycles. The molecule has 2 rings (SSSR count). The summed E-state index contributed by atoms with van der Waals surface area (Å²) in [5.41, 5.74) is 0. The lowest BCUT2D eigenvalue weighted by Crippen LogP contribution is -2.65. The molecule has 0 spiro atoms. The van der Waals surface area contributed by atoms with E-state index in [0.29, 0.717) is 13.0 Å². The van der Waals surface area contributed by atoms with E-state index in [2.05, 4.69) is 5.32 Å². The first-order valence-corrected chi connectivity index (χ1v) is 6.35. The van der Waals surface area contributed by atoms with E-state index < -0.39 is 0 Å². The van der Waals surface area contributed by atoms with Crippen LogP contribution in [0.2, 0.25) is 0 Å². The van der Waals surface area contributed by atoms with Crippen LogP contribution < -0.4 is 5.32 Å². The molecule has 3 unspecified atom stereocenters. The Kier molecular flexibility index (Phi) is 3.66. The predicted molar refractivity (Wildman–Crippen MR) is 62.4 cm³/mol. The lowest BCUT2D eigenvalue weighted by molar-refractivity contribution is -0.154. The Morgan fingerprint density at radius 2 is 2.24 bits per heavy atom. The molecule has 0 aromatic heterocycles. The Morgan fingerprint density at radius 3 is 2.82 bits per heavy atom. The van der Waals surface area contributed by atoms with E-state index >= 15 is 0 Å². The first-order chi connectivity index (χ1) is 8.15. The molecule has 0 saturated carbocycles. The summed E-state index contributed by atoms with van der Waals surface area (Å²) in [6.07, 6.45) is 2.53. The van der Waals surface area contributed by atoms with Gasteiger partial charge in [0.2, 0.25) is 11.8 Å². The number of carbonyl (C=O) groups excluding carboxylic acids is 2. The second kappa shape index (κ2) is 5.04. The number of rotatable bonds is 2. The number of nitrogens with one attached hydrogen (secondary N) is 1. The van der Waals surface area contributed by atoms with E-state index in [1.165, 1.54) is 0 Å². The van der Waals surface area contributed by atoms with Gasteiger partial charge in [-0.15, -0.1) is 0 Å². The molecule has 96 valence electrons. The van der Waals surface area contributed by atoms with Gasteiger partial charge in [0.15, 0.2) is 0 Å². The fourth-order valence-electron chi connectivity index (χ4n) is 2.57. The van der Waals surface area contributed by atoms with E-state index in [1.54, 1.807) is 11.8 Å². The molecule has 2 saturated heterocycles. The van der Waals surface area contributed by atoms with Crippen LogP contribution in [-0.4, -0.2) is 48.1 Å². The molecule has 3 atom stereocenters. The molecule has 2 fully saturated rings. The van der Waals surface area contributed by atoms with Crippen LogP contribution in [0.4, 0.5) is 0 Å². The summed E-state index contributed by atoms with van der Waals surface area (Å²) >= 11 is 0. The van der Waals surface area contributed by atoms with Crippen LogP contribution in [0, 0.1) is 0 Å². The molecule has 2 aliphatic rings. The van der Waals surface area contributed by atoms with Gasteiger partial charge < -0.3 is 15.0 Å². The Morgan fingerprint density at radius 1 is 1.47 bits per heavy atom. The van der Waals surface area contributed by atoms with Crippen molar-refractivity contribution < 1.29 is 14.3 Å². The molecule has 2 amide bonds. The molecule has 0 aromatic carbocycles. The Labute approximate surface area is 101 Å². The van der Waals surface area contributed by atoms with Crippen LogP contribution in [0.1, 0.15) is 33.1 Å². The number of carbonyl (C=O) groups is 2. The third-order valence-electron chi connectivity index (χ3n) is 3.60. The van der Waals surface area contributed by atoms with Gasteiger partial charge >= 0.3 is 0 Å². The van der Waals surface area contributed by atoms with Crippen LogP contribution in [-0.2, 0) is 14.3 Å². The normalized spacial score (nSPS) is 34.7. The third-order valence-corrected chi connectivity index (χ3v) is 3.60. The Hall–Kier alpha value is -1.10. The van der Waals surface area contributed by atoms with Gasteiger partial charge in [0, 0.05) is 6.61 Å². The van der Waals surface area contributed by atoms with Crippen molar-refractivity contribution in [3.63, 3.8) is 0 Å². The van der Waals surface area contributed by atoms with Crippen LogP contribution >= 0.6 is 0 Å². The smallest absolute Gasteiger partial charge is 0.246 e. The third kappa shape index (κ3) is 2.29. The maximum atomic E-state index is 12.3. The number of nitrogens with zero attached hydrogens (tertiary/aromatic N) is 1. The zero-order valence-corrected chi connectivity index (χ0v) is 10.4. The second-order valence-corrected chi connectivity index (χ2v) is 4.76. The van der Waals surface area contributed by atoms with Crippen LogP contribution in [0.3, 0.4) is 0 Å². The molecule has 0 radical (unpaired) electrons. The van der Waals surface area contributed by atoms with E-state index in [1.807, 2.05) is 6.92 Å². The van der Waals surface area contributed by atoms with Gasteiger partial charge in [-0.05, 0) is 26.2 Å². The molecular weight excluding hydrogens is 220 g/mol. The predicted octanol–water partition coefficient (Wildman–Crippen LogP) is 0.291. The van der Waals surface area contributed by atoms with Crippen molar-refractivity contribution in [2.24, 2.45) is 0 Å². The summed E-state index contributed by atoms with van der Waals surface area (Å²) in [4.78, 5) is 25.8. The van der Waals surface area contributed by atoms with Crippen molar-refractivity contribution in [2.45, 2.75) is 51.2 Å². The standard InChI is InChI=1S/C12H20N2O3/c1-3-10-12(16)14(8(2)11(15)13-10)9-5-4-6-17-7-9/h8-10H,3-7H2,1-2H3,(H,13,15). The summed E-state index contributed by atoms with van der Waals surface area (Å²) in [7, 11) is 0. The van der Waals surface area contributed by atoms with Gasteiger partial charge in [-0.25, -0.2) is 0 Å². The molecule has 17 heavy (non-hydrogen) atoms. The second-order valence-electron chi connectivity index (χ2n) is 4.76. The minimum Gasteiger partial charge on any atom is -0.379 e. The lowest BCUT2D eigenvalue weighted by Gasteiger charge is -2.43. The van der Waals surface area contributed by atoms with Crippen molar-refractivity contribution >= 4 is 11.8 Å². The van der Waals surface area contributed by atoms with Crippen molar-refractivity contribution in [1.29, 1.82) is 0 Å². The molecule has 0 aromatic rings. The minimum absolute atomic E-state index is 0.0371. The summed E-state index contributed by atoms with van der Waals surface area (Å²) in [5, 5.41) is 2.76. The molecule has 2 aliphatic heterocycles. The summed E-state index contributed by atoms with van der Waals surface area (Å²) in [5.74, 6) is -0.0166. The quantitative estimate of drug-likeness (QED) is 0.755. The molecule has 1 N–H and O–H groups in total. The highest BCUT2D eigenvalue weighted by molar-refractivity contribution is 5.96. The monoisotopic (exact) mass is 240 g/mol. The summed E-state index contributed by atoms with van der Waals surface area (Å²) in [6.45, 7) is 5.01. The molecule has 5 nitrogen and oxygen atoms in total. The highest BCUT2D eigenvalue weighted by Crippen LogP contribution is 2.21. The van der Waals surface area contributed by atoms with Gasteiger partial charge in [-0.1, -0.05) is 6.92 Å². The zero-order chi connectivity index (χ0) is 12.4. The minimum atomic E-state index is -0.378. The Bertz CT molecular complexity index is 313. The highest BCUT2D eigenvalue weighted by atomic mass is 16.5. The van der Waals surface area contributed by atoms with E-state index in [-0.39, 0.29) is 29.9 Å². The Balaban J connectivity index is 2.15. The summed E-state index contributed by atoms with van der Waals surface area (Å²) in [6, 6.07) is -0.677. The van der Waals surface area contributed by atoms with Crippen LogP contribution in [0.25, 0.3) is 0 Å². The van der Waals surface area contributed by atoms with Gasteiger partial charge in [0.05, 0.1) is 12.6 Å². The SMILES string of the molecule is CCC1NC(=O)C(C)N(C2CCCOC2)C1=O. The van der Waals surface area contributed by atoms with E-state index in [9.17, 15) is 9.59 Å². The van der Waals surface area contributed by atoms with E-state index in [0.717, 1.165) is 19.4 Å². The van der Waals surface area contributed by atoms with Crippen molar-refractivity contribution in [3.05, 3.63) is 0 Å². The summed E-state index contributed by atoms with van der Waals surface area (Å²) < 4.78 is 5.41. The van der Waals surface area contributed by atoms with Gasteiger partial charge in [0.1, 0.15) is 12.1 Å². The fraction of sp³-hybridized carbons (Fsp3) is 0.833. The molecule has 0 bridgehead atoms. The largest absolute Gasteiger partial charge is 0.379 e. The topological polar surface area (TPSA) is 58.6 Å². The van der Waals surface area contributed by atoms with Gasteiger partial charge in [0.25, 0.3) is 0 Å². The number of piperazine rings is 1.